The Hall–Kier alpha value is -1.93. The summed E-state index contributed by atoms with van der Waals surface area (Å²) in [6.45, 7) is 4.76. The highest BCUT2D eigenvalue weighted by molar-refractivity contribution is 8.00. The molecule has 174 valence electrons. The fraction of sp³-hybridized carbons (Fsp3) is 0.625. The maximum Gasteiger partial charge on any atom is 0.235 e. The molecule has 0 bridgehead atoms. The molecule has 1 aromatic carbocycles. The van der Waals surface area contributed by atoms with Gasteiger partial charge in [-0.15, -0.1) is 10.2 Å². The molecule has 1 aromatic heterocycles. The van der Waals surface area contributed by atoms with Gasteiger partial charge in [-0.25, -0.2) is 4.39 Å². The van der Waals surface area contributed by atoms with Crippen molar-refractivity contribution in [2.75, 3.05) is 20.1 Å². The SMILES string of the molecule is CC(Sc1nnc(CN2CCCCC2)n1-c1ccc(F)cc1)C(=O)N(C)C1CCCCC1. The maximum absolute atomic E-state index is 13.6. The average Bonchev–Trinajstić information content (AvgIpc) is 3.21. The molecule has 1 saturated heterocycles. The van der Waals surface area contributed by atoms with E-state index in [1.165, 1.54) is 62.4 Å². The van der Waals surface area contributed by atoms with Crippen LogP contribution in [-0.4, -0.2) is 61.9 Å². The zero-order valence-electron chi connectivity index (χ0n) is 19.2. The lowest BCUT2D eigenvalue weighted by Gasteiger charge is -2.32. The predicted molar refractivity (Wildman–Crippen MR) is 125 cm³/mol. The summed E-state index contributed by atoms with van der Waals surface area (Å²) >= 11 is 1.44. The topological polar surface area (TPSA) is 54.3 Å². The molecule has 0 N–H and O–H groups in total. The molecule has 1 unspecified atom stereocenters. The van der Waals surface area contributed by atoms with E-state index in [9.17, 15) is 9.18 Å². The maximum atomic E-state index is 13.6. The molecule has 1 aliphatic heterocycles. The van der Waals surface area contributed by atoms with Crippen LogP contribution in [0.25, 0.3) is 5.69 Å². The lowest BCUT2D eigenvalue weighted by atomic mass is 9.94. The molecule has 1 aliphatic carbocycles. The number of likely N-dealkylation sites (tertiary alicyclic amines) is 1. The van der Waals surface area contributed by atoms with Gasteiger partial charge in [0.25, 0.3) is 0 Å². The van der Waals surface area contributed by atoms with Crippen LogP contribution in [0.3, 0.4) is 0 Å². The van der Waals surface area contributed by atoms with Gasteiger partial charge >= 0.3 is 0 Å². The first-order valence-electron chi connectivity index (χ1n) is 11.9. The van der Waals surface area contributed by atoms with Crippen molar-refractivity contribution in [3.63, 3.8) is 0 Å². The fourth-order valence-corrected chi connectivity index (χ4v) is 5.78. The first-order chi connectivity index (χ1) is 15.5. The van der Waals surface area contributed by atoms with Crippen LogP contribution in [0, 0.1) is 5.82 Å². The van der Waals surface area contributed by atoms with Crippen molar-refractivity contribution in [2.45, 2.75) is 81.3 Å². The van der Waals surface area contributed by atoms with E-state index < -0.39 is 0 Å². The Labute approximate surface area is 194 Å². The van der Waals surface area contributed by atoms with Crippen molar-refractivity contribution in [3.8, 4) is 5.69 Å². The number of rotatable bonds is 7. The highest BCUT2D eigenvalue weighted by atomic mass is 32.2. The highest BCUT2D eigenvalue weighted by Gasteiger charge is 2.28. The van der Waals surface area contributed by atoms with E-state index in [1.54, 1.807) is 12.1 Å². The minimum atomic E-state index is -0.272. The highest BCUT2D eigenvalue weighted by Crippen LogP contribution is 2.29. The molecule has 1 atom stereocenters. The molecule has 32 heavy (non-hydrogen) atoms. The number of piperidine rings is 1. The zero-order chi connectivity index (χ0) is 22.5. The molecule has 1 amide bonds. The van der Waals surface area contributed by atoms with E-state index in [0.717, 1.165) is 37.4 Å². The third kappa shape index (κ3) is 5.52. The van der Waals surface area contributed by atoms with Gasteiger partial charge in [0, 0.05) is 18.8 Å². The molecule has 0 spiro atoms. The molecular weight excluding hydrogens is 425 g/mol. The Morgan fingerprint density at radius 3 is 2.44 bits per heavy atom. The molecule has 2 heterocycles. The molecule has 8 heteroatoms. The van der Waals surface area contributed by atoms with Crippen molar-refractivity contribution in [2.24, 2.45) is 0 Å². The quantitative estimate of drug-likeness (QED) is 0.564. The average molecular weight is 460 g/mol. The molecule has 0 radical (unpaired) electrons. The number of hydrogen-bond acceptors (Lipinski definition) is 5. The number of hydrogen-bond donors (Lipinski definition) is 0. The third-order valence-corrected chi connectivity index (χ3v) is 7.73. The first kappa shape index (κ1) is 23.2. The summed E-state index contributed by atoms with van der Waals surface area (Å²) in [6.07, 6.45) is 9.51. The van der Waals surface area contributed by atoms with Crippen LogP contribution in [0.2, 0.25) is 0 Å². The summed E-state index contributed by atoms with van der Waals surface area (Å²) in [6, 6.07) is 6.76. The Kier molecular flexibility index (Phi) is 7.84. The van der Waals surface area contributed by atoms with Crippen LogP contribution in [0.5, 0.6) is 0 Å². The number of benzene rings is 1. The van der Waals surface area contributed by atoms with Crippen molar-refractivity contribution in [3.05, 3.63) is 35.9 Å². The number of halogens is 1. The van der Waals surface area contributed by atoms with Gasteiger partial charge in [0.15, 0.2) is 11.0 Å². The van der Waals surface area contributed by atoms with Gasteiger partial charge < -0.3 is 4.90 Å². The van der Waals surface area contributed by atoms with E-state index in [4.69, 9.17) is 0 Å². The Morgan fingerprint density at radius 2 is 1.75 bits per heavy atom. The Bertz CT molecular complexity index is 890. The standard InChI is InChI=1S/C24H34FN5OS/c1-18(23(31)28(2)20-9-5-3-6-10-20)32-24-27-26-22(17-29-15-7-4-8-16-29)30(24)21-13-11-19(25)12-14-21/h11-14,18,20H,3-10,15-17H2,1-2H3. The van der Waals surface area contributed by atoms with Crippen LogP contribution in [0.4, 0.5) is 4.39 Å². The number of amides is 1. The minimum absolute atomic E-state index is 0.133. The lowest BCUT2D eigenvalue weighted by molar-refractivity contribution is -0.131. The normalized spacial score (nSPS) is 19.1. The second kappa shape index (κ2) is 10.8. The second-order valence-electron chi connectivity index (χ2n) is 9.05. The molecule has 2 aromatic rings. The van der Waals surface area contributed by atoms with E-state index in [0.29, 0.717) is 17.7 Å². The second-order valence-corrected chi connectivity index (χ2v) is 10.4. The van der Waals surface area contributed by atoms with E-state index in [-0.39, 0.29) is 17.0 Å². The van der Waals surface area contributed by atoms with Gasteiger partial charge in [0.1, 0.15) is 5.82 Å². The van der Waals surface area contributed by atoms with Gasteiger partial charge in [-0.1, -0.05) is 37.4 Å². The fourth-order valence-electron chi connectivity index (χ4n) is 4.79. The number of thioether (sulfide) groups is 1. The molecule has 4 rings (SSSR count). The molecule has 2 aliphatic rings. The summed E-state index contributed by atoms with van der Waals surface area (Å²) < 4.78 is 15.6. The first-order valence-corrected chi connectivity index (χ1v) is 12.8. The van der Waals surface area contributed by atoms with Crippen molar-refractivity contribution in [1.82, 2.24) is 24.6 Å². The van der Waals surface area contributed by atoms with Gasteiger partial charge in [-0.05, 0) is 70.0 Å². The molecule has 2 fully saturated rings. The van der Waals surface area contributed by atoms with Crippen LogP contribution in [0.1, 0.15) is 64.1 Å². The zero-order valence-corrected chi connectivity index (χ0v) is 20.0. The molecule has 6 nitrogen and oxygen atoms in total. The van der Waals surface area contributed by atoms with Crippen molar-refractivity contribution < 1.29 is 9.18 Å². The number of aromatic nitrogens is 3. The predicted octanol–water partition coefficient (Wildman–Crippen LogP) is 4.66. The lowest BCUT2D eigenvalue weighted by Crippen LogP contribution is -2.42. The van der Waals surface area contributed by atoms with E-state index in [2.05, 4.69) is 15.1 Å². The largest absolute Gasteiger partial charge is 0.342 e. The van der Waals surface area contributed by atoms with Gasteiger partial charge in [0.05, 0.1) is 11.8 Å². The number of carbonyl (C=O) groups excluding carboxylic acids is 1. The number of nitrogens with zero attached hydrogens (tertiary/aromatic N) is 5. The van der Waals surface area contributed by atoms with Crippen LogP contribution in [-0.2, 0) is 11.3 Å². The van der Waals surface area contributed by atoms with Gasteiger partial charge in [-0.3, -0.25) is 14.3 Å². The number of carbonyl (C=O) groups is 1. The summed E-state index contributed by atoms with van der Waals surface area (Å²) in [5, 5.41) is 9.36. The Morgan fingerprint density at radius 1 is 1.09 bits per heavy atom. The van der Waals surface area contributed by atoms with Crippen LogP contribution >= 0.6 is 11.8 Å². The Balaban J connectivity index is 1.54. The van der Waals surface area contributed by atoms with Gasteiger partial charge in [-0.2, -0.15) is 0 Å². The van der Waals surface area contributed by atoms with Crippen molar-refractivity contribution >= 4 is 17.7 Å². The third-order valence-electron chi connectivity index (χ3n) is 6.70. The van der Waals surface area contributed by atoms with Gasteiger partial charge in [0.2, 0.25) is 5.91 Å². The smallest absolute Gasteiger partial charge is 0.235 e. The van der Waals surface area contributed by atoms with Crippen LogP contribution < -0.4 is 0 Å². The summed E-state index contributed by atoms with van der Waals surface area (Å²) in [7, 11) is 1.93. The van der Waals surface area contributed by atoms with E-state index in [1.807, 2.05) is 23.4 Å². The summed E-state index contributed by atoms with van der Waals surface area (Å²) in [4.78, 5) is 17.5. The molecule has 1 saturated carbocycles. The minimum Gasteiger partial charge on any atom is -0.342 e. The van der Waals surface area contributed by atoms with Crippen molar-refractivity contribution in [1.29, 1.82) is 0 Å². The summed E-state index contributed by atoms with van der Waals surface area (Å²) in [5.41, 5.74) is 0.825. The van der Waals surface area contributed by atoms with E-state index >= 15 is 0 Å². The van der Waals surface area contributed by atoms with Crippen LogP contribution in [0.15, 0.2) is 29.4 Å². The summed E-state index contributed by atoms with van der Waals surface area (Å²) in [5.74, 6) is 0.695. The monoisotopic (exact) mass is 459 g/mol. The molecular formula is C24H34FN5OS.